The number of benzene rings is 2. The van der Waals surface area contributed by atoms with E-state index in [1.54, 1.807) is 22.8 Å². The van der Waals surface area contributed by atoms with Crippen LogP contribution in [-0.4, -0.2) is 45.7 Å². The highest BCUT2D eigenvalue weighted by atomic mass is 32.2. The van der Waals surface area contributed by atoms with Crippen LogP contribution < -0.4 is 10.9 Å². The second-order valence-corrected chi connectivity index (χ2v) is 9.83. The molecule has 1 saturated heterocycles. The van der Waals surface area contributed by atoms with Gasteiger partial charge in [0.2, 0.25) is 0 Å². The number of thioether (sulfide) groups is 1. The Morgan fingerprint density at radius 1 is 1.18 bits per heavy atom. The smallest absolute Gasteiger partial charge is 0.262 e. The van der Waals surface area contributed by atoms with Crippen molar-refractivity contribution in [2.45, 2.75) is 57.5 Å². The number of hydrogen-bond acceptors (Lipinski definition) is 6. The molecule has 0 spiro atoms. The quantitative estimate of drug-likeness (QED) is 0.298. The van der Waals surface area contributed by atoms with Crippen LogP contribution in [-0.2, 0) is 11.3 Å². The molecule has 0 bridgehead atoms. The van der Waals surface area contributed by atoms with E-state index in [0.717, 1.165) is 18.4 Å². The molecular weight excluding hydrogens is 450 g/mol. The van der Waals surface area contributed by atoms with Crippen molar-refractivity contribution in [1.29, 1.82) is 0 Å². The minimum absolute atomic E-state index is 0.00512. The summed E-state index contributed by atoms with van der Waals surface area (Å²) in [5, 5.41) is 3.75. The molecule has 34 heavy (non-hydrogen) atoms. The van der Waals surface area contributed by atoms with Crippen LogP contribution in [0.3, 0.4) is 0 Å². The molecule has 1 aliphatic heterocycles. The predicted molar refractivity (Wildman–Crippen MR) is 134 cm³/mol. The number of amides is 1. The Bertz CT molecular complexity index is 1260. The van der Waals surface area contributed by atoms with Crippen molar-refractivity contribution in [2.75, 3.05) is 12.4 Å². The topological polar surface area (TPSA) is 90.3 Å². The molecule has 2 heterocycles. The second kappa shape index (κ2) is 10.5. The van der Waals surface area contributed by atoms with Gasteiger partial charge in [-0.1, -0.05) is 41.6 Å². The molecule has 0 radical (unpaired) electrons. The van der Waals surface area contributed by atoms with E-state index in [9.17, 15) is 14.4 Å². The molecule has 1 amide bonds. The van der Waals surface area contributed by atoms with Crippen LogP contribution in [0.25, 0.3) is 10.9 Å². The van der Waals surface area contributed by atoms with E-state index < -0.39 is 0 Å². The zero-order valence-electron chi connectivity index (χ0n) is 19.7. The van der Waals surface area contributed by atoms with Crippen LogP contribution in [0.4, 0.5) is 0 Å². The third-order valence-electron chi connectivity index (χ3n) is 5.72. The highest BCUT2D eigenvalue weighted by Gasteiger charge is 2.21. The third-order valence-corrected chi connectivity index (χ3v) is 6.69. The van der Waals surface area contributed by atoms with Gasteiger partial charge in [-0.05, 0) is 51.8 Å². The Morgan fingerprint density at radius 3 is 2.59 bits per heavy atom. The Morgan fingerprint density at radius 2 is 1.91 bits per heavy atom. The number of rotatable bonds is 8. The van der Waals surface area contributed by atoms with Crippen LogP contribution in [0.15, 0.2) is 52.4 Å². The Labute approximate surface area is 202 Å². The molecule has 8 heteroatoms. The van der Waals surface area contributed by atoms with Crippen LogP contribution in [0, 0.1) is 6.92 Å². The number of nitrogens with zero attached hydrogens (tertiary/aromatic N) is 2. The number of hydrogen-bond donors (Lipinski definition) is 1. The van der Waals surface area contributed by atoms with Gasteiger partial charge < -0.3 is 10.1 Å². The molecule has 3 aromatic rings. The highest BCUT2D eigenvalue weighted by Crippen LogP contribution is 2.23. The minimum atomic E-state index is -0.217. The summed E-state index contributed by atoms with van der Waals surface area (Å²) in [7, 11) is 0. The molecule has 1 aromatic heterocycles. The lowest BCUT2D eigenvalue weighted by Gasteiger charge is -2.17. The summed E-state index contributed by atoms with van der Waals surface area (Å²) in [6, 6.07) is 12.4. The van der Waals surface area contributed by atoms with Crippen LogP contribution >= 0.6 is 11.8 Å². The predicted octanol–water partition coefficient (Wildman–Crippen LogP) is 4.00. The molecule has 1 unspecified atom stereocenters. The standard InChI is InChI=1S/C26H29N3O4S/c1-16(2)27-24(31)19-10-11-21-22(13-19)28-26(29(25(21)32)14-20-5-4-12-33-20)34-15-23(30)18-8-6-17(3)7-9-18/h6-11,13,16,20H,4-5,12,14-15H2,1-3H3,(H,27,31). The van der Waals surface area contributed by atoms with E-state index in [4.69, 9.17) is 9.72 Å². The fraction of sp³-hybridized carbons (Fsp3) is 0.385. The summed E-state index contributed by atoms with van der Waals surface area (Å²) in [5.74, 6) is -0.0980. The van der Waals surface area contributed by atoms with Gasteiger partial charge in [-0.15, -0.1) is 0 Å². The SMILES string of the molecule is Cc1ccc(C(=O)CSc2nc3cc(C(=O)NC(C)C)ccc3c(=O)n2CC2CCCO2)cc1. The van der Waals surface area contributed by atoms with Gasteiger partial charge in [0, 0.05) is 23.8 Å². The van der Waals surface area contributed by atoms with E-state index in [0.29, 0.717) is 40.3 Å². The summed E-state index contributed by atoms with van der Waals surface area (Å²) in [6.45, 7) is 6.82. The average Bonchev–Trinajstić information content (AvgIpc) is 3.32. The Balaban J connectivity index is 1.68. The monoisotopic (exact) mass is 479 g/mol. The van der Waals surface area contributed by atoms with E-state index in [2.05, 4.69) is 5.32 Å². The zero-order chi connectivity index (χ0) is 24.2. The van der Waals surface area contributed by atoms with Crippen molar-refractivity contribution in [3.63, 3.8) is 0 Å². The molecule has 1 N–H and O–H groups in total. The summed E-state index contributed by atoms with van der Waals surface area (Å²) >= 11 is 1.24. The molecule has 0 saturated carbocycles. The number of carbonyl (C=O) groups is 2. The lowest BCUT2D eigenvalue weighted by Crippen LogP contribution is -2.31. The van der Waals surface area contributed by atoms with Crippen molar-refractivity contribution < 1.29 is 14.3 Å². The van der Waals surface area contributed by atoms with Gasteiger partial charge in [0.1, 0.15) is 0 Å². The van der Waals surface area contributed by atoms with Crippen LogP contribution in [0.1, 0.15) is 53.0 Å². The number of ketones is 1. The first-order chi connectivity index (χ1) is 16.3. The van der Waals surface area contributed by atoms with E-state index in [1.807, 2.05) is 45.0 Å². The van der Waals surface area contributed by atoms with Crippen molar-refractivity contribution >= 4 is 34.4 Å². The van der Waals surface area contributed by atoms with E-state index in [-0.39, 0.29) is 35.1 Å². The molecule has 4 rings (SSSR count). The number of ether oxygens (including phenoxy) is 1. The molecule has 1 atom stereocenters. The van der Waals surface area contributed by atoms with Crippen LogP contribution in [0.5, 0.6) is 0 Å². The first-order valence-electron chi connectivity index (χ1n) is 11.5. The summed E-state index contributed by atoms with van der Waals surface area (Å²) in [6.07, 6.45) is 1.79. The molecule has 1 aliphatic rings. The van der Waals surface area contributed by atoms with Crippen LogP contribution in [0.2, 0.25) is 0 Å². The first-order valence-corrected chi connectivity index (χ1v) is 12.5. The van der Waals surface area contributed by atoms with E-state index in [1.165, 1.54) is 11.8 Å². The van der Waals surface area contributed by atoms with Gasteiger partial charge >= 0.3 is 0 Å². The molecular formula is C26H29N3O4S. The molecule has 0 aliphatic carbocycles. The van der Waals surface area contributed by atoms with Crippen molar-refractivity contribution in [1.82, 2.24) is 14.9 Å². The summed E-state index contributed by atoms with van der Waals surface area (Å²) < 4.78 is 7.37. The Hall–Kier alpha value is -2.97. The molecule has 2 aromatic carbocycles. The first kappa shape index (κ1) is 24.2. The van der Waals surface area contributed by atoms with Crippen molar-refractivity contribution in [2.24, 2.45) is 0 Å². The number of fused-ring (bicyclic) bond motifs is 1. The zero-order valence-corrected chi connectivity index (χ0v) is 20.5. The van der Waals surface area contributed by atoms with Gasteiger partial charge in [0.25, 0.3) is 11.5 Å². The minimum Gasteiger partial charge on any atom is -0.376 e. The highest BCUT2D eigenvalue weighted by molar-refractivity contribution is 7.99. The molecule has 7 nitrogen and oxygen atoms in total. The number of Topliss-reactive ketones (excluding diaryl/α,β-unsaturated/α-hetero) is 1. The van der Waals surface area contributed by atoms with Gasteiger partial charge in [-0.25, -0.2) is 4.98 Å². The van der Waals surface area contributed by atoms with Gasteiger partial charge in [-0.2, -0.15) is 0 Å². The summed E-state index contributed by atoms with van der Waals surface area (Å²) in [5.41, 5.74) is 2.40. The summed E-state index contributed by atoms with van der Waals surface area (Å²) in [4.78, 5) is 43.4. The number of aromatic nitrogens is 2. The molecule has 1 fully saturated rings. The molecule has 178 valence electrons. The largest absolute Gasteiger partial charge is 0.376 e. The van der Waals surface area contributed by atoms with Gasteiger partial charge in [-0.3, -0.25) is 19.0 Å². The lowest BCUT2D eigenvalue weighted by atomic mass is 10.1. The second-order valence-electron chi connectivity index (χ2n) is 8.88. The average molecular weight is 480 g/mol. The van der Waals surface area contributed by atoms with Gasteiger partial charge in [0.05, 0.1) is 29.3 Å². The maximum atomic E-state index is 13.4. The normalized spacial score (nSPS) is 15.7. The fourth-order valence-electron chi connectivity index (χ4n) is 3.90. The number of nitrogens with one attached hydrogen (secondary N) is 1. The van der Waals surface area contributed by atoms with Crippen molar-refractivity contribution in [3.8, 4) is 0 Å². The van der Waals surface area contributed by atoms with E-state index >= 15 is 0 Å². The number of aryl methyl sites for hydroxylation is 1. The third kappa shape index (κ3) is 5.56. The lowest BCUT2D eigenvalue weighted by molar-refractivity contribution is 0.0936. The van der Waals surface area contributed by atoms with Crippen molar-refractivity contribution in [3.05, 3.63) is 69.5 Å². The fourth-order valence-corrected chi connectivity index (χ4v) is 4.81. The maximum absolute atomic E-state index is 13.4. The maximum Gasteiger partial charge on any atom is 0.262 e. The van der Waals surface area contributed by atoms with Gasteiger partial charge in [0.15, 0.2) is 10.9 Å². The Kier molecular flexibility index (Phi) is 7.48. The number of carbonyl (C=O) groups excluding carboxylic acids is 2.